The molecule has 4 aromatic rings. The second-order valence-electron chi connectivity index (χ2n) is 9.62. The Morgan fingerprint density at radius 1 is 0.417 bits per heavy atom. The number of hydrogen-bond donors (Lipinski definition) is 9. The van der Waals surface area contributed by atoms with Gasteiger partial charge in [0.25, 0.3) is 48.1 Å². The molecular formula is C27H21N3O15S3. The van der Waals surface area contributed by atoms with Gasteiger partial charge in [-0.1, -0.05) is 0 Å². The summed E-state index contributed by atoms with van der Waals surface area (Å²) in [5, 5.41) is 37.1. The Morgan fingerprint density at radius 2 is 0.729 bits per heavy atom. The van der Waals surface area contributed by atoms with Crippen molar-refractivity contribution in [1.29, 1.82) is 0 Å². The Hall–Kier alpha value is -5.58. The Labute approximate surface area is 270 Å². The standard InChI is InChI=1S/C27H21N3O15S3/c31-22-6-3-16(46(37,38)39)10-21(22)30-27(36)15-8-13(25(34)28-19-4-1-17(11-23(19)32)47(40,41)42)7-14(9-15)26(35)29-20-5-2-18(12-24(20)33)48(43,44)45/h1-12,31-33H,(H,28,34)(H,29,35)(H,30,36)(H,37,38,39)(H,40,41,42)(H,43,44,45). The molecule has 0 saturated carbocycles. The van der Waals surface area contributed by atoms with Gasteiger partial charge in [-0.25, -0.2) is 0 Å². The molecule has 48 heavy (non-hydrogen) atoms. The molecular weight excluding hydrogens is 703 g/mol. The fourth-order valence-corrected chi connectivity index (χ4v) is 5.44. The van der Waals surface area contributed by atoms with E-state index in [9.17, 15) is 59.5 Å². The zero-order chi connectivity index (χ0) is 35.8. The van der Waals surface area contributed by atoms with E-state index >= 15 is 0 Å². The van der Waals surface area contributed by atoms with Crippen molar-refractivity contribution < 1.29 is 68.6 Å². The number of carbonyl (C=O) groups is 3. The van der Waals surface area contributed by atoms with Crippen molar-refractivity contribution in [2.24, 2.45) is 0 Å². The van der Waals surface area contributed by atoms with Crippen molar-refractivity contribution in [3.8, 4) is 17.2 Å². The molecule has 0 fully saturated rings. The first-order chi connectivity index (χ1) is 22.1. The Morgan fingerprint density at radius 3 is 1.06 bits per heavy atom. The molecule has 252 valence electrons. The van der Waals surface area contributed by atoms with Gasteiger partial charge in [-0.15, -0.1) is 0 Å². The van der Waals surface area contributed by atoms with Crippen LogP contribution in [0.4, 0.5) is 17.1 Å². The van der Waals surface area contributed by atoms with E-state index in [-0.39, 0.29) is 11.4 Å². The highest BCUT2D eigenvalue weighted by molar-refractivity contribution is 7.86. The van der Waals surface area contributed by atoms with Crippen LogP contribution in [-0.2, 0) is 30.4 Å². The summed E-state index contributed by atoms with van der Waals surface area (Å²) in [5.41, 5.74) is -2.63. The van der Waals surface area contributed by atoms with E-state index in [1.54, 1.807) is 0 Å². The Balaban J connectivity index is 1.74. The van der Waals surface area contributed by atoms with Crippen molar-refractivity contribution in [3.63, 3.8) is 0 Å². The van der Waals surface area contributed by atoms with Crippen LogP contribution in [0.15, 0.2) is 87.5 Å². The first kappa shape index (κ1) is 35.3. The molecule has 0 atom stereocenters. The molecule has 0 aromatic heterocycles. The van der Waals surface area contributed by atoms with Crippen LogP contribution in [0.3, 0.4) is 0 Å². The van der Waals surface area contributed by atoms with Crippen molar-refractivity contribution >= 4 is 65.1 Å². The number of aromatic hydroxyl groups is 3. The second kappa shape index (κ2) is 12.9. The molecule has 0 radical (unpaired) electrons. The van der Waals surface area contributed by atoms with E-state index in [0.717, 1.165) is 54.6 Å². The maximum absolute atomic E-state index is 13.2. The van der Waals surface area contributed by atoms with Crippen molar-refractivity contribution in [3.05, 3.63) is 89.5 Å². The average molecular weight is 724 g/mol. The number of anilines is 3. The van der Waals surface area contributed by atoms with Gasteiger partial charge >= 0.3 is 0 Å². The fraction of sp³-hybridized carbons (Fsp3) is 0. The monoisotopic (exact) mass is 723 g/mol. The van der Waals surface area contributed by atoms with Gasteiger partial charge in [-0.05, 0) is 60.7 Å². The van der Waals surface area contributed by atoms with Crippen molar-refractivity contribution in [2.75, 3.05) is 16.0 Å². The van der Waals surface area contributed by atoms with E-state index in [1.807, 2.05) is 0 Å². The molecule has 0 aliphatic heterocycles. The van der Waals surface area contributed by atoms with Crippen molar-refractivity contribution in [1.82, 2.24) is 0 Å². The van der Waals surface area contributed by atoms with Crippen LogP contribution in [0.5, 0.6) is 17.2 Å². The highest BCUT2D eigenvalue weighted by Gasteiger charge is 2.22. The van der Waals surface area contributed by atoms with E-state index in [4.69, 9.17) is 9.11 Å². The van der Waals surface area contributed by atoms with Gasteiger partial charge in [0.1, 0.15) is 17.2 Å². The molecule has 0 spiro atoms. The van der Waals surface area contributed by atoms with Crippen LogP contribution in [0.1, 0.15) is 31.1 Å². The lowest BCUT2D eigenvalue weighted by molar-refractivity contribution is 0.102. The Bertz CT molecular complexity index is 2230. The van der Waals surface area contributed by atoms with Crippen LogP contribution in [0.25, 0.3) is 0 Å². The number of phenols is 3. The molecule has 9 N–H and O–H groups in total. The molecule has 0 aliphatic rings. The first-order valence-electron chi connectivity index (χ1n) is 12.6. The van der Waals surface area contributed by atoms with E-state index < -0.39 is 102 Å². The summed E-state index contributed by atoms with van der Waals surface area (Å²) in [5.74, 6) is -5.57. The van der Waals surface area contributed by atoms with Crippen LogP contribution in [0, 0.1) is 0 Å². The second-order valence-corrected chi connectivity index (χ2v) is 13.9. The van der Waals surface area contributed by atoms with Gasteiger partial charge in [0, 0.05) is 28.8 Å². The third-order valence-corrected chi connectivity index (χ3v) is 8.81. The number of rotatable bonds is 9. The Kier molecular flexibility index (Phi) is 9.48. The topological polar surface area (TPSA) is 311 Å². The molecule has 0 heterocycles. The number of nitrogens with one attached hydrogen (secondary N) is 3. The third-order valence-electron chi connectivity index (χ3n) is 6.26. The minimum absolute atomic E-state index is 0.371. The number of carbonyl (C=O) groups excluding carboxylic acids is 3. The molecule has 4 aromatic carbocycles. The lowest BCUT2D eigenvalue weighted by atomic mass is 10.0. The fourth-order valence-electron chi connectivity index (χ4n) is 3.94. The molecule has 4 rings (SSSR count). The van der Waals surface area contributed by atoms with Crippen LogP contribution in [-0.4, -0.2) is 72.0 Å². The van der Waals surface area contributed by atoms with Gasteiger partial charge in [0.15, 0.2) is 0 Å². The molecule has 18 nitrogen and oxygen atoms in total. The predicted octanol–water partition coefficient (Wildman–Crippen LogP) is 2.30. The summed E-state index contributed by atoms with van der Waals surface area (Å²) in [6.45, 7) is 0. The van der Waals surface area contributed by atoms with Gasteiger partial charge in [0.05, 0.1) is 31.7 Å². The number of amides is 3. The molecule has 0 saturated heterocycles. The summed E-state index contributed by atoms with van der Waals surface area (Å²) >= 11 is 0. The SMILES string of the molecule is O=C(Nc1ccc(S(=O)(=O)O)cc1O)c1cc(C(=O)Nc2ccc(S(=O)(=O)O)cc2O)cc(C(=O)Nc2cc(S(=O)(=O)O)ccc2O)c1. The average Bonchev–Trinajstić information content (AvgIpc) is 2.98. The molecule has 3 amide bonds. The lowest BCUT2D eigenvalue weighted by Gasteiger charge is -2.13. The van der Waals surface area contributed by atoms with Crippen molar-refractivity contribution in [2.45, 2.75) is 14.7 Å². The highest BCUT2D eigenvalue weighted by atomic mass is 32.2. The number of hydrogen-bond acceptors (Lipinski definition) is 12. The summed E-state index contributed by atoms with van der Waals surface area (Å²) in [6, 6.07) is 9.97. The van der Waals surface area contributed by atoms with E-state index in [2.05, 4.69) is 16.0 Å². The lowest BCUT2D eigenvalue weighted by Crippen LogP contribution is -2.19. The predicted molar refractivity (Wildman–Crippen MR) is 164 cm³/mol. The highest BCUT2D eigenvalue weighted by Crippen LogP contribution is 2.30. The van der Waals surface area contributed by atoms with E-state index in [1.165, 1.54) is 0 Å². The van der Waals surface area contributed by atoms with Gasteiger partial charge in [0.2, 0.25) is 0 Å². The minimum atomic E-state index is -4.77. The molecule has 21 heteroatoms. The smallest absolute Gasteiger partial charge is 0.294 e. The molecule has 0 aliphatic carbocycles. The van der Waals surface area contributed by atoms with Gasteiger partial charge < -0.3 is 31.3 Å². The van der Waals surface area contributed by atoms with Crippen LogP contribution < -0.4 is 16.0 Å². The van der Waals surface area contributed by atoms with E-state index in [0.29, 0.717) is 18.2 Å². The third kappa shape index (κ3) is 8.22. The maximum atomic E-state index is 13.2. The normalized spacial score (nSPS) is 11.8. The van der Waals surface area contributed by atoms with Gasteiger partial charge in [-0.2, -0.15) is 25.3 Å². The summed E-state index contributed by atoms with van der Waals surface area (Å²) < 4.78 is 96.1. The number of phenolic OH excluding ortho intramolecular Hbond substituents is 3. The van der Waals surface area contributed by atoms with Gasteiger partial charge in [-0.3, -0.25) is 28.0 Å². The van der Waals surface area contributed by atoms with Crippen LogP contribution >= 0.6 is 0 Å². The molecule has 0 bridgehead atoms. The minimum Gasteiger partial charge on any atom is -0.506 e. The summed E-state index contributed by atoms with van der Waals surface area (Å²) in [7, 11) is -14.2. The first-order valence-corrected chi connectivity index (χ1v) is 17.0. The quantitative estimate of drug-likeness (QED) is 0.0884. The summed E-state index contributed by atoms with van der Waals surface area (Å²) in [4.78, 5) is 37.5. The molecule has 0 unspecified atom stereocenters. The number of benzene rings is 4. The zero-order valence-corrected chi connectivity index (χ0v) is 26.0. The van der Waals surface area contributed by atoms with Crippen LogP contribution in [0.2, 0.25) is 0 Å². The largest absolute Gasteiger partial charge is 0.506 e. The zero-order valence-electron chi connectivity index (χ0n) is 23.5. The summed E-state index contributed by atoms with van der Waals surface area (Å²) in [6.07, 6.45) is 0. The maximum Gasteiger partial charge on any atom is 0.294 e.